The van der Waals surface area contributed by atoms with E-state index in [4.69, 9.17) is 4.74 Å². The summed E-state index contributed by atoms with van der Waals surface area (Å²) in [5, 5.41) is 17.2. The number of rotatable bonds is 10. The van der Waals surface area contributed by atoms with E-state index < -0.39 is 23.8 Å². The number of benzene rings is 2. The fraction of sp³-hybridized carbons (Fsp3) is 0.517. The summed E-state index contributed by atoms with van der Waals surface area (Å²) in [5.74, 6) is -1.71. The van der Waals surface area contributed by atoms with Gasteiger partial charge in [-0.2, -0.15) is 0 Å². The Bertz CT molecular complexity index is 1090. The first-order chi connectivity index (χ1) is 17.8. The predicted octanol–water partition coefficient (Wildman–Crippen LogP) is 3.99. The van der Waals surface area contributed by atoms with Crippen molar-refractivity contribution in [2.24, 2.45) is 11.3 Å². The highest BCUT2D eigenvalue weighted by Crippen LogP contribution is 2.32. The third kappa shape index (κ3) is 8.49. The summed E-state index contributed by atoms with van der Waals surface area (Å²) in [7, 11) is 1.35. The average Bonchev–Trinajstić information content (AvgIpc) is 2.77. The van der Waals surface area contributed by atoms with Crippen molar-refractivity contribution in [1.82, 2.24) is 15.5 Å². The van der Waals surface area contributed by atoms with Crippen molar-refractivity contribution < 1.29 is 28.2 Å². The first-order valence-corrected chi connectivity index (χ1v) is 12.9. The van der Waals surface area contributed by atoms with E-state index >= 15 is 0 Å². The molecule has 2 aromatic rings. The van der Waals surface area contributed by atoms with Crippen molar-refractivity contribution in [2.75, 3.05) is 26.7 Å². The molecule has 3 atom stereocenters. The van der Waals surface area contributed by atoms with E-state index in [2.05, 4.69) is 43.5 Å². The Labute approximate surface area is 223 Å². The topological polar surface area (TPSA) is 90.9 Å². The molecule has 0 aliphatic carbocycles. The van der Waals surface area contributed by atoms with Crippen molar-refractivity contribution in [3.05, 3.63) is 70.8 Å². The van der Waals surface area contributed by atoms with Crippen LogP contribution in [0.3, 0.4) is 0 Å². The van der Waals surface area contributed by atoms with Gasteiger partial charge < -0.3 is 25.4 Å². The maximum absolute atomic E-state index is 13.7. The van der Waals surface area contributed by atoms with Crippen LogP contribution < -0.4 is 10.6 Å². The fourth-order valence-corrected chi connectivity index (χ4v) is 4.98. The third-order valence-electron chi connectivity index (χ3n) is 6.64. The first kappa shape index (κ1) is 29.5. The van der Waals surface area contributed by atoms with E-state index in [0.29, 0.717) is 18.7 Å². The summed E-state index contributed by atoms with van der Waals surface area (Å²) in [6.45, 7) is 8.99. The van der Waals surface area contributed by atoms with Gasteiger partial charge in [0.1, 0.15) is 11.6 Å². The van der Waals surface area contributed by atoms with Gasteiger partial charge in [0.2, 0.25) is 5.91 Å². The number of halogens is 2. The highest BCUT2D eigenvalue weighted by atomic mass is 19.1. The van der Waals surface area contributed by atoms with E-state index in [9.17, 15) is 23.5 Å². The molecule has 208 valence electrons. The standard InChI is InChI=1S/C29H39F2N3O4/c1-18(35)33-25(12-20-10-23(30)13-24(31)11-20)26(36)15-32-27(22-16-34(17-22)28(37)38-5)21-8-6-7-19(9-21)14-29(2,3)4/h6-11,13,22,25-27,32,36H,12,14-17H2,1-5H3,(H,33,35). The number of nitrogens with zero attached hydrogens (tertiary/aromatic N) is 1. The lowest BCUT2D eigenvalue weighted by molar-refractivity contribution is -0.120. The molecular formula is C29H39F2N3O4. The van der Waals surface area contributed by atoms with Crippen molar-refractivity contribution in [2.45, 2.75) is 58.7 Å². The Hall–Kier alpha value is -3.04. The van der Waals surface area contributed by atoms with E-state index in [-0.39, 0.29) is 42.3 Å². The quantitative estimate of drug-likeness (QED) is 0.431. The zero-order valence-corrected chi connectivity index (χ0v) is 22.8. The van der Waals surface area contributed by atoms with Crippen LogP contribution in [0.2, 0.25) is 0 Å². The monoisotopic (exact) mass is 531 g/mol. The van der Waals surface area contributed by atoms with Crippen molar-refractivity contribution in [3.63, 3.8) is 0 Å². The Kier molecular flexibility index (Phi) is 9.84. The van der Waals surface area contributed by atoms with Gasteiger partial charge in [-0.15, -0.1) is 0 Å². The molecule has 2 amide bonds. The zero-order chi connectivity index (χ0) is 28.0. The average molecular weight is 532 g/mol. The Morgan fingerprint density at radius 1 is 1.11 bits per heavy atom. The van der Waals surface area contributed by atoms with Gasteiger partial charge in [-0.25, -0.2) is 13.6 Å². The summed E-state index contributed by atoms with van der Waals surface area (Å²) in [6, 6.07) is 10.5. The normalized spacial score (nSPS) is 16.4. The van der Waals surface area contributed by atoms with Crippen LogP contribution in [0.15, 0.2) is 42.5 Å². The number of methoxy groups -OCH3 is 1. The molecule has 38 heavy (non-hydrogen) atoms. The Balaban J connectivity index is 1.78. The van der Waals surface area contributed by atoms with E-state index in [0.717, 1.165) is 18.1 Å². The van der Waals surface area contributed by atoms with Gasteiger partial charge in [0.25, 0.3) is 0 Å². The number of amides is 2. The van der Waals surface area contributed by atoms with Gasteiger partial charge in [0, 0.05) is 44.6 Å². The van der Waals surface area contributed by atoms with Gasteiger partial charge in [-0.1, -0.05) is 45.0 Å². The number of likely N-dealkylation sites (tertiary alicyclic amines) is 1. The summed E-state index contributed by atoms with van der Waals surface area (Å²) >= 11 is 0. The summed E-state index contributed by atoms with van der Waals surface area (Å²) < 4.78 is 32.3. The molecule has 1 aliphatic heterocycles. The SMILES string of the molecule is COC(=O)N1CC(C(NCC(O)C(Cc2cc(F)cc(F)c2)NC(C)=O)c2cccc(CC(C)(C)C)c2)C1. The van der Waals surface area contributed by atoms with E-state index in [1.165, 1.54) is 31.7 Å². The molecule has 0 spiro atoms. The van der Waals surface area contributed by atoms with Gasteiger partial charge in [0.15, 0.2) is 0 Å². The predicted molar refractivity (Wildman–Crippen MR) is 141 cm³/mol. The minimum atomic E-state index is -1.04. The Morgan fingerprint density at radius 3 is 2.34 bits per heavy atom. The second-order valence-electron chi connectivity index (χ2n) is 11.4. The lowest BCUT2D eigenvalue weighted by Gasteiger charge is -2.43. The molecule has 0 aromatic heterocycles. The summed E-state index contributed by atoms with van der Waals surface area (Å²) in [6.07, 6.45) is -0.469. The van der Waals surface area contributed by atoms with Gasteiger partial charge in [-0.3, -0.25) is 4.79 Å². The lowest BCUT2D eigenvalue weighted by atomic mass is 9.83. The molecule has 2 aromatic carbocycles. The number of ether oxygens (including phenoxy) is 1. The molecular weight excluding hydrogens is 492 g/mol. The van der Waals surface area contributed by atoms with Crippen molar-refractivity contribution in [3.8, 4) is 0 Å². The molecule has 1 aliphatic rings. The smallest absolute Gasteiger partial charge is 0.409 e. The number of aliphatic hydroxyl groups excluding tert-OH is 1. The van der Waals surface area contributed by atoms with E-state index in [1.807, 2.05) is 12.1 Å². The van der Waals surface area contributed by atoms with Crippen LogP contribution in [-0.2, 0) is 22.4 Å². The molecule has 3 rings (SSSR count). The van der Waals surface area contributed by atoms with Crippen LogP contribution in [-0.4, -0.2) is 60.9 Å². The molecule has 1 heterocycles. The number of hydrogen-bond donors (Lipinski definition) is 3. The fourth-order valence-electron chi connectivity index (χ4n) is 4.98. The molecule has 7 nitrogen and oxygen atoms in total. The molecule has 1 saturated heterocycles. The van der Waals surface area contributed by atoms with Gasteiger partial charge in [0.05, 0.1) is 19.3 Å². The van der Waals surface area contributed by atoms with Crippen LogP contribution in [0.1, 0.15) is 50.4 Å². The molecule has 0 saturated carbocycles. The summed E-state index contributed by atoms with van der Waals surface area (Å²) in [4.78, 5) is 25.4. The highest BCUT2D eigenvalue weighted by molar-refractivity contribution is 5.73. The molecule has 3 N–H and O–H groups in total. The maximum atomic E-state index is 13.7. The van der Waals surface area contributed by atoms with Gasteiger partial charge >= 0.3 is 6.09 Å². The number of carbonyl (C=O) groups is 2. The van der Waals surface area contributed by atoms with Crippen LogP contribution >= 0.6 is 0 Å². The third-order valence-corrected chi connectivity index (χ3v) is 6.64. The second kappa shape index (κ2) is 12.7. The van der Waals surface area contributed by atoms with E-state index in [1.54, 1.807) is 4.90 Å². The second-order valence-corrected chi connectivity index (χ2v) is 11.4. The number of aliphatic hydroxyl groups is 1. The molecule has 9 heteroatoms. The highest BCUT2D eigenvalue weighted by Gasteiger charge is 2.38. The molecule has 0 bridgehead atoms. The van der Waals surface area contributed by atoms with Crippen LogP contribution in [0.5, 0.6) is 0 Å². The zero-order valence-electron chi connectivity index (χ0n) is 22.8. The van der Waals surface area contributed by atoms with Crippen LogP contribution in [0.4, 0.5) is 13.6 Å². The van der Waals surface area contributed by atoms with Crippen molar-refractivity contribution in [1.29, 1.82) is 0 Å². The number of hydrogen-bond acceptors (Lipinski definition) is 5. The van der Waals surface area contributed by atoms with Crippen molar-refractivity contribution >= 4 is 12.0 Å². The molecule has 0 radical (unpaired) electrons. The first-order valence-electron chi connectivity index (χ1n) is 12.9. The molecule has 3 unspecified atom stereocenters. The number of carbonyl (C=O) groups excluding carboxylic acids is 2. The van der Waals surface area contributed by atoms with Gasteiger partial charge in [-0.05, 0) is 47.1 Å². The number of nitrogens with one attached hydrogen (secondary N) is 2. The summed E-state index contributed by atoms with van der Waals surface area (Å²) in [5.41, 5.74) is 2.67. The van der Waals surface area contributed by atoms with Crippen LogP contribution in [0.25, 0.3) is 0 Å². The lowest BCUT2D eigenvalue weighted by Crippen LogP contribution is -2.56. The van der Waals surface area contributed by atoms with Crippen LogP contribution in [0, 0.1) is 23.0 Å². The molecule has 1 fully saturated rings. The minimum absolute atomic E-state index is 0.0579. The minimum Gasteiger partial charge on any atom is -0.453 e. The Morgan fingerprint density at radius 2 is 1.76 bits per heavy atom. The maximum Gasteiger partial charge on any atom is 0.409 e. The largest absolute Gasteiger partial charge is 0.453 e.